The van der Waals surface area contributed by atoms with Gasteiger partial charge in [-0.1, -0.05) is 42.5 Å². The third-order valence-electron chi connectivity index (χ3n) is 6.75. The molecule has 2 aliphatic rings. The number of carbonyl (C=O) groups is 1. The molecule has 1 saturated heterocycles. The molecule has 204 valence electrons. The van der Waals surface area contributed by atoms with Crippen LogP contribution in [0, 0.1) is 12.7 Å². The summed E-state index contributed by atoms with van der Waals surface area (Å²) in [6, 6.07) is 12.6. The average molecular weight is 546 g/mol. The van der Waals surface area contributed by atoms with Crippen LogP contribution in [0.3, 0.4) is 0 Å². The number of hydrogen-bond acceptors (Lipinski definition) is 7. The van der Waals surface area contributed by atoms with Crippen LogP contribution in [0.15, 0.2) is 83.3 Å². The van der Waals surface area contributed by atoms with Crippen molar-refractivity contribution in [1.29, 1.82) is 0 Å². The Morgan fingerprint density at radius 2 is 1.90 bits per heavy atom. The fourth-order valence-electron chi connectivity index (χ4n) is 4.29. The smallest absolute Gasteiger partial charge is 0.187 e. The molecule has 0 spiro atoms. The van der Waals surface area contributed by atoms with Crippen LogP contribution in [0.2, 0.25) is 0 Å². The minimum absolute atomic E-state index is 0.252. The first-order valence-electron chi connectivity index (χ1n) is 13.1. The van der Waals surface area contributed by atoms with Gasteiger partial charge < -0.3 is 15.5 Å². The summed E-state index contributed by atoms with van der Waals surface area (Å²) in [6.07, 6.45) is 9.96. The average Bonchev–Trinajstić information content (AvgIpc) is 3.30. The van der Waals surface area contributed by atoms with Crippen molar-refractivity contribution in [2.24, 2.45) is 0 Å². The molecule has 5 rings (SSSR count). The SMILES string of the molecule is CN1CCN(CC2=CCC=C(C=O)C=C2)CC1.CNc1ccc(C)c(Nc2nc(-c3cccc(F)c3)cs2)c1. The normalized spacial score (nSPS) is 15.9. The summed E-state index contributed by atoms with van der Waals surface area (Å²) >= 11 is 1.50. The van der Waals surface area contributed by atoms with Crippen LogP contribution in [0.25, 0.3) is 11.3 Å². The number of nitrogens with zero attached hydrogens (tertiary/aromatic N) is 3. The van der Waals surface area contributed by atoms with E-state index in [1.165, 1.54) is 29.0 Å². The van der Waals surface area contributed by atoms with Crippen molar-refractivity contribution in [1.82, 2.24) is 14.8 Å². The third-order valence-corrected chi connectivity index (χ3v) is 7.51. The number of rotatable bonds is 7. The number of hydrogen-bond donors (Lipinski definition) is 2. The monoisotopic (exact) mass is 545 g/mol. The molecule has 1 aromatic heterocycles. The van der Waals surface area contributed by atoms with Crippen molar-refractivity contribution in [3.05, 3.63) is 94.7 Å². The first kappa shape index (κ1) is 28.4. The predicted molar refractivity (Wildman–Crippen MR) is 161 cm³/mol. The molecule has 6 nitrogen and oxygen atoms in total. The quantitative estimate of drug-likeness (QED) is 0.341. The summed E-state index contributed by atoms with van der Waals surface area (Å²) in [7, 11) is 4.06. The molecule has 0 atom stereocenters. The Hall–Kier alpha value is -3.59. The van der Waals surface area contributed by atoms with Gasteiger partial charge in [-0.05, 0) is 55.8 Å². The molecule has 1 aliphatic carbocycles. The van der Waals surface area contributed by atoms with Gasteiger partial charge in [0.1, 0.15) is 12.1 Å². The Kier molecular flexibility index (Phi) is 10.2. The van der Waals surface area contributed by atoms with Crippen molar-refractivity contribution >= 4 is 34.1 Å². The Balaban J connectivity index is 0.000000187. The lowest BCUT2D eigenvalue weighted by Crippen LogP contribution is -2.44. The van der Waals surface area contributed by atoms with Crippen LogP contribution in [-0.4, -0.2) is 67.9 Å². The zero-order chi connectivity index (χ0) is 27.6. The van der Waals surface area contributed by atoms with Crippen molar-refractivity contribution in [2.45, 2.75) is 13.3 Å². The fourth-order valence-corrected chi connectivity index (χ4v) is 5.03. The van der Waals surface area contributed by atoms with E-state index in [2.05, 4.69) is 50.7 Å². The van der Waals surface area contributed by atoms with E-state index in [9.17, 15) is 9.18 Å². The van der Waals surface area contributed by atoms with E-state index in [0.717, 1.165) is 84.3 Å². The van der Waals surface area contributed by atoms with E-state index in [-0.39, 0.29) is 5.82 Å². The van der Waals surface area contributed by atoms with Crippen LogP contribution < -0.4 is 10.6 Å². The maximum absolute atomic E-state index is 13.3. The van der Waals surface area contributed by atoms with E-state index < -0.39 is 0 Å². The molecule has 2 N–H and O–H groups in total. The Bertz CT molecular complexity index is 1350. The molecule has 39 heavy (non-hydrogen) atoms. The summed E-state index contributed by atoms with van der Waals surface area (Å²) in [4.78, 5) is 20.1. The minimum Gasteiger partial charge on any atom is -0.388 e. The molecule has 1 aliphatic heterocycles. The van der Waals surface area contributed by atoms with Gasteiger partial charge in [-0.25, -0.2) is 9.37 Å². The lowest BCUT2D eigenvalue weighted by atomic mass is 10.2. The number of anilines is 3. The van der Waals surface area contributed by atoms with Crippen molar-refractivity contribution in [3.63, 3.8) is 0 Å². The van der Waals surface area contributed by atoms with Gasteiger partial charge in [-0.2, -0.15) is 0 Å². The van der Waals surface area contributed by atoms with Crippen LogP contribution >= 0.6 is 11.3 Å². The van der Waals surface area contributed by atoms with Gasteiger partial charge >= 0.3 is 0 Å². The Labute approximate surface area is 234 Å². The molecule has 0 amide bonds. The number of likely N-dealkylation sites (N-methyl/N-ethyl adjacent to an activating group) is 1. The molecule has 2 heterocycles. The number of nitrogens with one attached hydrogen (secondary N) is 2. The van der Waals surface area contributed by atoms with Gasteiger partial charge in [-0.3, -0.25) is 9.69 Å². The lowest BCUT2D eigenvalue weighted by molar-refractivity contribution is -0.104. The molecular formula is C31H36FN5OS. The highest BCUT2D eigenvalue weighted by Gasteiger charge is 2.14. The summed E-state index contributed by atoms with van der Waals surface area (Å²) < 4.78 is 13.3. The highest BCUT2D eigenvalue weighted by Crippen LogP contribution is 2.29. The van der Waals surface area contributed by atoms with Crippen molar-refractivity contribution in [3.8, 4) is 11.3 Å². The Morgan fingerprint density at radius 3 is 2.64 bits per heavy atom. The van der Waals surface area contributed by atoms with E-state index >= 15 is 0 Å². The Morgan fingerprint density at radius 1 is 1.08 bits per heavy atom. The highest BCUT2D eigenvalue weighted by molar-refractivity contribution is 7.14. The lowest BCUT2D eigenvalue weighted by Gasteiger charge is -2.32. The topological polar surface area (TPSA) is 60.5 Å². The largest absolute Gasteiger partial charge is 0.388 e. The molecule has 1 fully saturated rings. The second-order valence-corrected chi connectivity index (χ2v) is 10.6. The molecule has 0 unspecified atom stereocenters. The van der Waals surface area contributed by atoms with Gasteiger partial charge in [0.2, 0.25) is 0 Å². The van der Waals surface area contributed by atoms with E-state index in [0.29, 0.717) is 0 Å². The predicted octanol–water partition coefficient (Wildman–Crippen LogP) is 6.29. The van der Waals surface area contributed by atoms with Crippen molar-refractivity contribution < 1.29 is 9.18 Å². The minimum atomic E-state index is -0.252. The fraction of sp³-hybridized carbons (Fsp3) is 0.290. The molecule has 2 aromatic carbocycles. The van der Waals surface area contributed by atoms with Crippen LogP contribution in [0.5, 0.6) is 0 Å². The van der Waals surface area contributed by atoms with Gasteiger partial charge in [0.05, 0.1) is 5.69 Å². The maximum Gasteiger partial charge on any atom is 0.187 e. The first-order valence-corrected chi connectivity index (χ1v) is 14.0. The van der Waals surface area contributed by atoms with Crippen molar-refractivity contribution in [2.75, 3.05) is 57.5 Å². The number of carbonyl (C=O) groups excluding carboxylic acids is 1. The standard InChI is InChI=1S/C17H16FN3S.C14H20N2O/c1-11-6-7-14(19-2)9-15(11)20-17-21-16(10-22-17)12-4-3-5-13(18)8-12;1-15-7-9-16(10-8-15)11-13-3-2-4-14(12-17)6-5-13/h3-10,19H,1-2H3,(H,20,21);3-6,12H,2,7-11H2,1H3. The van der Waals surface area contributed by atoms with E-state index in [4.69, 9.17) is 0 Å². The number of aryl methyl sites for hydroxylation is 1. The highest BCUT2D eigenvalue weighted by atomic mass is 32.1. The molecular weight excluding hydrogens is 509 g/mol. The van der Waals surface area contributed by atoms with Gasteiger partial charge in [0, 0.05) is 67.7 Å². The van der Waals surface area contributed by atoms with Crippen LogP contribution in [0.1, 0.15) is 12.0 Å². The van der Waals surface area contributed by atoms with Gasteiger partial charge in [-0.15, -0.1) is 11.3 Å². The summed E-state index contributed by atoms with van der Waals surface area (Å²) in [5, 5.41) is 9.16. The first-order chi connectivity index (χ1) is 18.9. The molecule has 0 saturated carbocycles. The van der Waals surface area contributed by atoms with Gasteiger partial charge in [0.15, 0.2) is 5.13 Å². The molecule has 8 heteroatoms. The number of aromatic nitrogens is 1. The number of piperazine rings is 1. The molecule has 3 aromatic rings. The van der Waals surface area contributed by atoms with Crippen LogP contribution in [-0.2, 0) is 4.79 Å². The maximum atomic E-state index is 13.3. The third kappa shape index (κ3) is 8.45. The van der Waals surface area contributed by atoms with Crippen LogP contribution in [0.4, 0.5) is 20.9 Å². The number of aldehydes is 1. The summed E-state index contributed by atoms with van der Waals surface area (Å²) in [5.41, 5.74) is 6.85. The zero-order valence-corrected chi connectivity index (χ0v) is 23.6. The number of allylic oxidation sites excluding steroid dienone is 4. The molecule has 0 radical (unpaired) electrons. The second kappa shape index (κ2) is 14.0. The molecule has 0 bridgehead atoms. The second-order valence-electron chi connectivity index (χ2n) is 9.70. The van der Waals surface area contributed by atoms with Gasteiger partial charge in [0.25, 0.3) is 0 Å². The number of benzene rings is 2. The van der Waals surface area contributed by atoms with E-state index in [1.807, 2.05) is 49.7 Å². The zero-order valence-electron chi connectivity index (χ0n) is 22.8. The summed E-state index contributed by atoms with van der Waals surface area (Å²) in [5.74, 6) is -0.252. The van der Waals surface area contributed by atoms with E-state index in [1.54, 1.807) is 6.07 Å². The number of thiazole rings is 1. The number of halogens is 1. The summed E-state index contributed by atoms with van der Waals surface area (Å²) in [6.45, 7) is 7.61.